The van der Waals surface area contributed by atoms with Crippen molar-refractivity contribution in [2.24, 2.45) is 0 Å². The summed E-state index contributed by atoms with van der Waals surface area (Å²) >= 11 is 0. The topological polar surface area (TPSA) is 116 Å². The summed E-state index contributed by atoms with van der Waals surface area (Å²) in [5.74, 6) is -1.44. The third-order valence-electron chi connectivity index (χ3n) is 4.00. The van der Waals surface area contributed by atoms with E-state index in [0.29, 0.717) is 5.56 Å². The summed E-state index contributed by atoms with van der Waals surface area (Å²) in [4.78, 5) is 14.2. The van der Waals surface area contributed by atoms with Gasteiger partial charge in [0.2, 0.25) is 0 Å². The molecule has 1 heterocycles. The maximum atomic E-state index is 14.5. The standard InChI is InChI=1S/C20H12F2N4O2/c21-13-4-1-11(2-5-13)10-28-17-6-3-12(7-16(17)22)18-14(8-23)19(25)26-20(27)15(18)9-24/h1-7H,10H2,(H3,25,26,27). The molecule has 0 spiro atoms. The molecular weight excluding hydrogens is 366 g/mol. The van der Waals surface area contributed by atoms with Crippen LogP contribution in [0.4, 0.5) is 14.6 Å². The molecule has 0 bridgehead atoms. The van der Waals surface area contributed by atoms with Crippen molar-refractivity contribution < 1.29 is 13.5 Å². The number of hydrogen-bond donors (Lipinski definition) is 2. The summed E-state index contributed by atoms with van der Waals surface area (Å²) in [5, 5.41) is 18.6. The van der Waals surface area contributed by atoms with Crippen LogP contribution in [0.15, 0.2) is 47.3 Å². The third kappa shape index (κ3) is 3.53. The summed E-state index contributed by atoms with van der Waals surface area (Å²) in [7, 11) is 0. The molecule has 0 aliphatic carbocycles. The van der Waals surface area contributed by atoms with Crippen molar-refractivity contribution in [3.05, 3.63) is 81.1 Å². The molecule has 3 N–H and O–H groups in total. The van der Waals surface area contributed by atoms with Gasteiger partial charge < -0.3 is 15.5 Å². The Hall–Kier alpha value is -4.17. The highest BCUT2D eigenvalue weighted by Gasteiger charge is 2.19. The van der Waals surface area contributed by atoms with E-state index < -0.39 is 17.2 Å². The fourth-order valence-electron chi connectivity index (χ4n) is 2.65. The Morgan fingerprint density at radius 1 is 1.04 bits per heavy atom. The lowest BCUT2D eigenvalue weighted by molar-refractivity contribution is 0.290. The zero-order valence-corrected chi connectivity index (χ0v) is 14.3. The number of rotatable bonds is 4. The second kappa shape index (κ2) is 7.60. The molecule has 3 aromatic rings. The van der Waals surface area contributed by atoms with Crippen LogP contribution in [0.3, 0.4) is 0 Å². The van der Waals surface area contributed by atoms with E-state index in [2.05, 4.69) is 4.98 Å². The van der Waals surface area contributed by atoms with Crippen molar-refractivity contribution >= 4 is 5.82 Å². The predicted molar refractivity (Wildman–Crippen MR) is 97.0 cm³/mol. The Bertz CT molecular complexity index is 1190. The van der Waals surface area contributed by atoms with Crippen LogP contribution >= 0.6 is 0 Å². The number of nitrogens with two attached hydrogens (primary N) is 1. The maximum absolute atomic E-state index is 14.5. The van der Waals surface area contributed by atoms with Crippen LogP contribution in [0.2, 0.25) is 0 Å². The Kier molecular flexibility index (Phi) is 5.05. The van der Waals surface area contributed by atoms with E-state index in [4.69, 9.17) is 10.5 Å². The quantitative estimate of drug-likeness (QED) is 0.723. The second-order valence-corrected chi connectivity index (χ2v) is 5.78. The Morgan fingerprint density at radius 2 is 1.71 bits per heavy atom. The highest BCUT2D eigenvalue weighted by atomic mass is 19.1. The molecule has 2 aromatic carbocycles. The first kappa shape index (κ1) is 18.6. The molecule has 3 rings (SSSR count). The van der Waals surface area contributed by atoms with Crippen molar-refractivity contribution in [1.29, 1.82) is 10.5 Å². The van der Waals surface area contributed by atoms with Gasteiger partial charge in [0.25, 0.3) is 5.56 Å². The van der Waals surface area contributed by atoms with Crippen LogP contribution < -0.4 is 16.0 Å². The predicted octanol–water partition coefficient (Wildman–Crippen LogP) is 3.22. The van der Waals surface area contributed by atoms with Crippen LogP contribution in [0.5, 0.6) is 5.75 Å². The zero-order valence-electron chi connectivity index (χ0n) is 14.3. The molecular formula is C20H12F2N4O2. The SMILES string of the molecule is N#Cc1c(N)[nH]c(=O)c(C#N)c1-c1ccc(OCc2ccc(F)cc2)c(F)c1. The van der Waals surface area contributed by atoms with Gasteiger partial charge in [0.15, 0.2) is 11.6 Å². The first-order valence-corrected chi connectivity index (χ1v) is 7.97. The van der Waals surface area contributed by atoms with Gasteiger partial charge in [0.05, 0.1) is 0 Å². The van der Waals surface area contributed by atoms with Gasteiger partial charge >= 0.3 is 0 Å². The third-order valence-corrected chi connectivity index (χ3v) is 4.00. The van der Waals surface area contributed by atoms with E-state index in [1.807, 2.05) is 6.07 Å². The molecule has 6 nitrogen and oxygen atoms in total. The van der Waals surface area contributed by atoms with Crippen LogP contribution in [0, 0.1) is 34.3 Å². The van der Waals surface area contributed by atoms with Crippen molar-refractivity contribution in [3.63, 3.8) is 0 Å². The molecule has 0 unspecified atom stereocenters. The maximum Gasteiger partial charge on any atom is 0.268 e. The zero-order chi connectivity index (χ0) is 20.3. The molecule has 0 atom stereocenters. The molecule has 0 aliphatic rings. The first-order chi connectivity index (χ1) is 13.4. The fraction of sp³-hybridized carbons (Fsp3) is 0.0500. The van der Waals surface area contributed by atoms with Crippen LogP contribution in [-0.4, -0.2) is 4.98 Å². The smallest absolute Gasteiger partial charge is 0.268 e. The van der Waals surface area contributed by atoms with Crippen molar-refractivity contribution in [2.75, 3.05) is 5.73 Å². The average molecular weight is 378 g/mol. The normalized spacial score (nSPS) is 10.1. The molecule has 1 aromatic heterocycles. The van der Waals surface area contributed by atoms with Gasteiger partial charge in [-0.3, -0.25) is 4.79 Å². The lowest BCUT2D eigenvalue weighted by Crippen LogP contribution is -2.16. The number of pyridine rings is 1. The highest BCUT2D eigenvalue weighted by Crippen LogP contribution is 2.31. The van der Waals surface area contributed by atoms with Gasteiger partial charge in [-0.2, -0.15) is 10.5 Å². The number of nitrogens with one attached hydrogen (secondary N) is 1. The van der Waals surface area contributed by atoms with Crippen molar-refractivity contribution in [1.82, 2.24) is 4.98 Å². The molecule has 8 heteroatoms. The van der Waals surface area contributed by atoms with Crippen LogP contribution in [0.1, 0.15) is 16.7 Å². The monoisotopic (exact) mass is 378 g/mol. The second-order valence-electron chi connectivity index (χ2n) is 5.78. The van der Waals surface area contributed by atoms with Crippen LogP contribution in [-0.2, 0) is 6.61 Å². The molecule has 0 saturated heterocycles. The molecule has 138 valence electrons. The average Bonchev–Trinajstić information content (AvgIpc) is 2.68. The van der Waals surface area contributed by atoms with E-state index in [9.17, 15) is 24.1 Å². The van der Waals surface area contributed by atoms with E-state index >= 15 is 0 Å². The number of benzene rings is 2. The van der Waals surface area contributed by atoms with Gasteiger partial charge in [0, 0.05) is 5.56 Å². The molecule has 0 saturated carbocycles. The number of nitrogen functional groups attached to an aromatic ring is 1. The molecule has 0 amide bonds. The number of nitriles is 2. The number of nitrogens with zero attached hydrogens (tertiary/aromatic N) is 2. The lowest BCUT2D eigenvalue weighted by atomic mass is 9.96. The molecule has 0 aliphatic heterocycles. The fourth-order valence-corrected chi connectivity index (χ4v) is 2.65. The van der Waals surface area contributed by atoms with Gasteiger partial charge in [-0.05, 0) is 35.4 Å². The molecule has 28 heavy (non-hydrogen) atoms. The number of aromatic nitrogens is 1. The number of halogens is 2. The summed E-state index contributed by atoms with van der Waals surface area (Å²) < 4.78 is 32.8. The van der Waals surface area contributed by atoms with E-state index in [1.165, 1.54) is 36.4 Å². The summed E-state index contributed by atoms with van der Waals surface area (Å²) in [6.07, 6.45) is 0. The summed E-state index contributed by atoms with van der Waals surface area (Å²) in [6, 6.07) is 12.9. The Morgan fingerprint density at radius 3 is 2.32 bits per heavy atom. The molecule has 0 radical (unpaired) electrons. The summed E-state index contributed by atoms with van der Waals surface area (Å²) in [6.45, 7) is 0.0153. The van der Waals surface area contributed by atoms with Gasteiger partial charge in [-0.25, -0.2) is 8.78 Å². The van der Waals surface area contributed by atoms with Gasteiger partial charge in [-0.15, -0.1) is 0 Å². The number of ether oxygens (including phenoxy) is 1. The molecule has 0 fully saturated rings. The minimum atomic E-state index is -0.772. The van der Waals surface area contributed by atoms with Gasteiger partial charge in [0.1, 0.15) is 41.5 Å². The number of anilines is 1. The first-order valence-electron chi connectivity index (χ1n) is 7.97. The number of hydrogen-bond acceptors (Lipinski definition) is 5. The van der Waals surface area contributed by atoms with Crippen molar-refractivity contribution in [2.45, 2.75) is 6.61 Å². The van der Waals surface area contributed by atoms with E-state index in [0.717, 1.165) is 6.07 Å². The minimum Gasteiger partial charge on any atom is -0.486 e. The highest BCUT2D eigenvalue weighted by molar-refractivity contribution is 5.80. The van der Waals surface area contributed by atoms with Gasteiger partial charge in [-0.1, -0.05) is 18.2 Å². The van der Waals surface area contributed by atoms with E-state index in [-0.39, 0.29) is 40.4 Å². The van der Waals surface area contributed by atoms with Crippen LogP contribution in [0.25, 0.3) is 11.1 Å². The number of aromatic amines is 1. The number of H-pyrrole nitrogens is 1. The minimum absolute atomic E-state index is 0.0153. The van der Waals surface area contributed by atoms with E-state index in [1.54, 1.807) is 6.07 Å². The Balaban J connectivity index is 1.97. The Labute approximate surface area is 158 Å². The largest absolute Gasteiger partial charge is 0.486 e. The lowest BCUT2D eigenvalue weighted by Gasteiger charge is -2.11. The van der Waals surface area contributed by atoms with Crippen molar-refractivity contribution in [3.8, 4) is 29.0 Å². The summed E-state index contributed by atoms with van der Waals surface area (Å²) in [5.41, 5.74) is 5.14.